The molecule has 90 valence electrons. The Kier molecular flexibility index (Phi) is 4.28. The van der Waals surface area contributed by atoms with E-state index in [-0.39, 0.29) is 17.0 Å². The Bertz CT molecular complexity index is 551. The fraction of sp³-hybridized carbons (Fsp3) is 0. The van der Waals surface area contributed by atoms with Gasteiger partial charge < -0.3 is 17.0 Å². The molecule has 0 spiro atoms. The quantitative estimate of drug-likeness (QED) is 0.613. The molecule has 0 fully saturated rings. The third-order valence-electron chi connectivity index (χ3n) is 2.66. The lowest BCUT2D eigenvalue weighted by atomic mass is 10.2. The van der Waals surface area contributed by atoms with E-state index in [0.29, 0.717) is 0 Å². The van der Waals surface area contributed by atoms with Gasteiger partial charge in [-0.3, -0.25) is 0 Å². The lowest BCUT2D eigenvalue weighted by molar-refractivity contribution is -0.579. The zero-order chi connectivity index (χ0) is 11.5. The summed E-state index contributed by atoms with van der Waals surface area (Å²) < 4.78 is 2.22. The molecule has 3 heteroatoms. The highest BCUT2D eigenvalue weighted by Crippen LogP contribution is 2.21. The van der Waals surface area contributed by atoms with Crippen molar-refractivity contribution in [3.8, 4) is 16.3 Å². The predicted octanol–water partition coefficient (Wildman–Crippen LogP) is 0.696. The van der Waals surface area contributed by atoms with Crippen molar-refractivity contribution in [1.29, 1.82) is 0 Å². The van der Waals surface area contributed by atoms with E-state index in [2.05, 4.69) is 64.7 Å². The first-order valence-corrected chi connectivity index (χ1v) is 6.43. The second kappa shape index (κ2) is 5.94. The van der Waals surface area contributed by atoms with Gasteiger partial charge in [-0.25, -0.2) is 0 Å². The molecule has 0 saturated heterocycles. The first-order chi connectivity index (χ1) is 8.45. The fourth-order valence-corrected chi connectivity index (χ4v) is 2.72. The maximum absolute atomic E-state index is 2.22. The Labute approximate surface area is 121 Å². The van der Waals surface area contributed by atoms with Crippen LogP contribution in [0, 0.1) is 0 Å². The van der Waals surface area contributed by atoms with Gasteiger partial charge in [-0.1, -0.05) is 47.7 Å². The number of rotatable bonds is 2. The molecule has 0 atom stereocenters. The Morgan fingerprint density at radius 3 is 2.06 bits per heavy atom. The number of nitrogens with zero attached hydrogens (tertiary/aromatic N) is 1. The maximum atomic E-state index is 2.22. The molecule has 0 radical (unpaired) electrons. The first kappa shape index (κ1) is 13.0. The highest BCUT2D eigenvalue weighted by Gasteiger charge is 2.16. The number of benzene rings is 2. The van der Waals surface area contributed by atoms with Crippen molar-refractivity contribution >= 4 is 11.3 Å². The minimum atomic E-state index is 0. The summed E-state index contributed by atoms with van der Waals surface area (Å²) in [7, 11) is 0. The molecule has 1 nitrogen and oxygen atoms in total. The third-order valence-corrected chi connectivity index (χ3v) is 3.58. The average Bonchev–Trinajstić information content (AvgIpc) is 2.90. The summed E-state index contributed by atoms with van der Waals surface area (Å²) >= 11 is 1.76. The highest BCUT2D eigenvalue weighted by molar-refractivity contribution is 7.12. The zero-order valence-electron chi connectivity index (χ0n) is 9.66. The lowest BCUT2D eigenvalue weighted by Crippen LogP contribution is -3.00. The number of hydrogen-bond donors (Lipinski definition) is 0. The molecule has 0 unspecified atom stereocenters. The number of halogens is 1. The van der Waals surface area contributed by atoms with Gasteiger partial charge in [0.05, 0.1) is 10.9 Å². The van der Waals surface area contributed by atoms with Gasteiger partial charge in [0.2, 0.25) is 5.69 Å². The minimum absolute atomic E-state index is 0. The van der Waals surface area contributed by atoms with Gasteiger partial charge >= 0.3 is 0 Å². The maximum Gasteiger partial charge on any atom is 0.274 e. The summed E-state index contributed by atoms with van der Waals surface area (Å²) in [4.78, 5) is 0. The van der Waals surface area contributed by atoms with E-state index in [9.17, 15) is 0 Å². The molecule has 1 heterocycles. The van der Waals surface area contributed by atoms with Crippen LogP contribution >= 0.6 is 11.3 Å². The van der Waals surface area contributed by atoms with Crippen LogP contribution in [0.15, 0.2) is 72.2 Å². The van der Waals surface area contributed by atoms with Crippen LogP contribution in [-0.4, -0.2) is 0 Å². The summed E-state index contributed by atoms with van der Waals surface area (Å²) in [6, 6.07) is 20.9. The second-order valence-electron chi connectivity index (χ2n) is 3.78. The van der Waals surface area contributed by atoms with E-state index in [1.165, 1.54) is 16.3 Å². The molecule has 2 aromatic carbocycles. The van der Waals surface area contributed by atoms with Crippen molar-refractivity contribution in [3.63, 3.8) is 0 Å². The molecule has 0 bridgehead atoms. The average molecular weight is 318 g/mol. The summed E-state index contributed by atoms with van der Waals surface area (Å²) in [6.07, 6.45) is 2.11. The number of aromatic nitrogens is 1. The Balaban J connectivity index is 0.00000120. The largest absolute Gasteiger partial charge is 1.00 e. The van der Waals surface area contributed by atoms with Gasteiger partial charge in [-0.2, -0.15) is 4.57 Å². The number of hydrogen-bond acceptors (Lipinski definition) is 1. The van der Waals surface area contributed by atoms with E-state index < -0.39 is 0 Å². The molecule has 0 aliphatic heterocycles. The van der Waals surface area contributed by atoms with E-state index in [1.807, 2.05) is 12.1 Å². The van der Waals surface area contributed by atoms with Crippen LogP contribution in [-0.2, 0) is 0 Å². The Morgan fingerprint density at radius 1 is 0.778 bits per heavy atom. The van der Waals surface area contributed by atoms with Crippen molar-refractivity contribution in [2.24, 2.45) is 0 Å². The molecule has 0 saturated carbocycles. The molecule has 3 rings (SSSR count). The van der Waals surface area contributed by atoms with Crippen LogP contribution in [0.3, 0.4) is 0 Å². The van der Waals surface area contributed by atoms with Crippen LogP contribution in [0.5, 0.6) is 0 Å². The van der Waals surface area contributed by atoms with Gasteiger partial charge in [0.1, 0.15) is 0 Å². The summed E-state index contributed by atoms with van der Waals surface area (Å²) in [5.74, 6) is 0. The summed E-state index contributed by atoms with van der Waals surface area (Å²) in [5.41, 5.74) is 2.46. The molecule has 0 amide bonds. The fourth-order valence-electron chi connectivity index (χ4n) is 1.86. The highest BCUT2D eigenvalue weighted by atomic mass is 79.9. The standard InChI is InChI=1S/C15H12NS.BrH/c1-3-7-13(8-4-1)15-16(11-12-17-15)14-9-5-2-6-10-14;/h1-12H;1H/q+1;/p-1. The summed E-state index contributed by atoms with van der Waals surface area (Å²) in [5, 5.41) is 3.38. The molecule has 0 aliphatic carbocycles. The topological polar surface area (TPSA) is 3.88 Å². The zero-order valence-corrected chi connectivity index (χ0v) is 12.1. The molecule has 3 aromatic rings. The van der Waals surface area contributed by atoms with Gasteiger partial charge in [-0.15, -0.1) is 0 Å². The van der Waals surface area contributed by atoms with E-state index in [1.54, 1.807) is 11.3 Å². The monoisotopic (exact) mass is 317 g/mol. The van der Waals surface area contributed by atoms with Crippen LogP contribution in [0.2, 0.25) is 0 Å². The van der Waals surface area contributed by atoms with Crippen LogP contribution < -0.4 is 21.5 Å². The number of thiazole rings is 1. The molecule has 0 aliphatic rings. The van der Waals surface area contributed by atoms with Gasteiger partial charge in [0.15, 0.2) is 6.20 Å². The van der Waals surface area contributed by atoms with E-state index in [0.717, 1.165) is 0 Å². The first-order valence-electron chi connectivity index (χ1n) is 5.55. The van der Waals surface area contributed by atoms with Crippen LogP contribution in [0.4, 0.5) is 0 Å². The van der Waals surface area contributed by atoms with Gasteiger partial charge in [0, 0.05) is 12.1 Å². The summed E-state index contributed by atoms with van der Waals surface area (Å²) in [6.45, 7) is 0. The van der Waals surface area contributed by atoms with Gasteiger partial charge in [-0.05, 0) is 12.1 Å². The molecular formula is C15H12BrNS. The third kappa shape index (κ3) is 2.52. The lowest BCUT2D eigenvalue weighted by Gasteiger charge is -1.97. The number of para-hydroxylation sites is 1. The second-order valence-corrected chi connectivity index (χ2v) is 4.67. The molecule has 18 heavy (non-hydrogen) atoms. The van der Waals surface area contributed by atoms with Crippen LogP contribution in [0.1, 0.15) is 0 Å². The van der Waals surface area contributed by atoms with Crippen molar-refractivity contribution in [2.75, 3.05) is 0 Å². The molecular weight excluding hydrogens is 306 g/mol. The normalized spacial score (nSPS) is 9.78. The minimum Gasteiger partial charge on any atom is -1.00 e. The van der Waals surface area contributed by atoms with Crippen molar-refractivity contribution in [1.82, 2.24) is 0 Å². The molecule has 1 aromatic heterocycles. The van der Waals surface area contributed by atoms with Crippen molar-refractivity contribution < 1.29 is 21.5 Å². The predicted molar refractivity (Wildman–Crippen MR) is 71.3 cm³/mol. The smallest absolute Gasteiger partial charge is 0.274 e. The van der Waals surface area contributed by atoms with Crippen LogP contribution in [0.25, 0.3) is 16.3 Å². The van der Waals surface area contributed by atoms with Crippen molar-refractivity contribution in [3.05, 3.63) is 72.2 Å². The van der Waals surface area contributed by atoms with E-state index >= 15 is 0 Å². The Morgan fingerprint density at radius 2 is 1.39 bits per heavy atom. The van der Waals surface area contributed by atoms with E-state index in [4.69, 9.17) is 0 Å². The SMILES string of the molecule is [Br-].c1ccc(-c2scc[n+]2-c2ccccc2)cc1. The van der Waals surface area contributed by atoms with Crippen molar-refractivity contribution in [2.45, 2.75) is 0 Å². The Hall–Kier alpha value is -1.45. The molecule has 0 N–H and O–H groups in total. The van der Waals surface area contributed by atoms with Gasteiger partial charge in [0.25, 0.3) is 5.01 Å².